The van der Waals surface area contributed by atoms with Crippen LogP contribution < -0.4 is 4.74 Å². The first-order valence-corrected chi connectivity index (χ1v) is 10.3. The molecule has 0 unspecified atom stereocenters. The molecular formula is C22H25ClN4O2. The van der Waals surface area contributed by atoms with Crippen molar-refractivity contribution in [3.63, 3.8) is 0 Å². The lowest BCUT2D eigenvalue weighted by Crippen LogP contribution is -2.49. The molecule has 0 saturated carbocycles. The number of hydrogen-bond acceptors (Lipinski definition) is 4. The number of carbonyl (C=O) groups excluding carboxylic acids is 1. The zero-order valence-electron chi connectivity index (χ0n) is 16.6. The van der Waals surface area contributed by atoms with Gasteiger partial charge in [0.1, 0.15) is 24.7 Å². The number of carbonyl (C=O) groups is 1. The molecule has 3 aromatic rings. The number of benzene rings is 2. The number of nitrogens with zero attached hydrogens (tertiary/aromatic N) is 4. The first-order valence-electron chi connectivity index (χ1n) is 9.96. The predicted octanol–water partition coefficient (Wildman–Crippen LogP) is 3.43. The summed E-state index contributed by atoms with van der Waals surface area (Å²) in [5, 5.41) is 0.665. The highest BCUT2D eigenvalue weighted by molar-refractivity contribution is 6.30. The fraction of sp³-hybridized carbons (Fsp3) is 0.364. The number of rotatable bonds is 6. The van der Waals surface area contributed by atoms with Crippen LogP contribution in [0.1, 0.15) is 12.7 Å². The maximum atomic E-state index is 13.0. The predicted molar refractivity (Wildman–Crippen MR) is 114 cm³/mol. The number of fused-ring (bicyclic) bond motifs is 1. The van der Waals surface area contributed by atoms with Gasteiger partial charge in [-0.1, -0.05) is 30.7 Å². The summed E-state index contributed by atoms with van der Waals surface area (Å²) in [6.07, 6.45) is 0. The maximum Gasteiger partial charge on any atom is 0.242 e. The van der Waals surface area contributed by atoms with Gasteiger partial charge >= 0.3 is 0 Å². The second-order valence-corrected chi connectivity index (χ2v) is 7.60. The second-order valence-electron chi connectivity index (χ2n) is 7.16. The Morgan fingerprint density at radius 1 is 1.07 bits per heavy atom. The SMILES string of the molecule is CCN1CCN(C(=O)Cn2c(COc3ccc(Cl)cc3)nc3ccccc32)CC1. The van der Waals surface area contributed by atoms with Gasteiger partial charge < -0.3 is 19.1 Å². The summed E-state index contributed by atoms with van der Waals surface area (Å²) in [7, 11) is 0. The fourth-order valence-corrected chi connectivity index (χ4v) is 3.77. The van der Waals surface area contributed by atoms with Gasteiger partial charge in [-0.3, -0.25) is 4.79 Å². The number of ether oxygens (including phenoxy) is 1. The summed E-state index contributed by atoms with van der Waals surface area (Å²) in [6, 6.07) is 15.1. The number of aromatic nitrogens is 2. The second kappa shape index (κ2) is 8.84. The normalized spacial score (nSPS) is 15.0. The molecule has 1 aliphatic heterocycles. The first kappa shape index (κ1) is 19.7. The van der Waals surface area contributed by atoms with Crippen LogP contribution in [0.5, 0.6) is 5.75 Å². The molecule has 6 nitrogen and oxygen atoms in total. The molecule has 1 saturated heterocycles. The minimum absolute atomic E-state index is 0.122. The molecule has 0 radical (unpaired) electrons. The van der Waals surface area contributed by atoms with E-state index in [1.807, 2.05) is 45.9 Å². The molecule has 2 aromatic carbocycles. The topological polar surface area (TPSA) is 50.6 Å². The average Bonchev–Trinajstić information content (AvgIpc) is 3.11. The summed E-state index contributed by atoms with van der Waals surface area (Å²) in [4.78, 5) is 22.0. The van der Waals surface area contributed by atoms with E-state index in [0.29, 0.717) is 5.02 Å². The third-order valence-corrected chi connectivity index (χ3v) is 5.63. The number of hydrogen-bond donors (Lipinski definition) is 0. The van der Waals surface area contributed by atoms with Crippen molar-refractivity contribution in [1.82, 2.24) is 19.4 Å². The number of imidazole rings is 1. The third kappa shape index (κ3) is 4.54. The van der Waals surface area contributed by atoms with E-state index in [0.717, 1.165) is 55.3 Å². The van der Waals surface area contributed by atoms with Crippen LogP contribution in [-0.2, 0) is 17.9 Å². The molecule has 7 heteroatoms. The van der Waals surface area contributed by atoms with Crippen molar-refractivity contribution in [2.24, 2.45) is 0 Å². The molecule has 0 spiro atoms. The highest BCUT2D eigenvalue weighted by Gasteiger charge is 2.22. The van der Waals surface area contributed by atoms with Crippen molar-refractivity contribution in [2.75, 3.05) is 32.7 Å². The van der Waals surface area contributed by atoms with Crippen LogP contribution in [0, 0.1) is 0 Å². The van der Waals surface area contributed by atoms with Crippen molar-refractivity contribution < 1.29 is 9.53 Å². The Hall–Kier alpha value is -2.57. The van der Waals surface area contributed by atoms with Gasteiger partial charge in [0, 0.05) is 31.2 Å². The smallest absolute Gasteiger partial charge is 0.242 e. The lowest BCUT2D eigenvalue weighted by atomic mass is 10.3. The minimum atomic E-state index is 0.122. The Labute approximate surface area is 175 Å². The van der Waals surface area contributed by atoms with E-state index in [1.54, 1.807) is 12.1 Å². The van der Waals surface area contributed by atoms with Gasteiger partial charge in [0.05, 0.1) is 11.0 Å². The molecule has 0 atom stereocenters. The highest BCUT2D eigenvalue weighted by atomic mass is 35.5. The molecular weight excluding hydrogens is 388 g/mol. The van der Waals surface area contributed by atoms with Gasteiger partial charge in [-0.15, -0.1) is 0 Å². The monoisotopic (exact) mass is 412 g/mol. The van der Waals surface area contributed by atoms with Crippen LogP contribution in [0.3, 0.4) is 0 Å². The molecule has 0 bridgehead atoms. The average molecular weight is 413 g/mol. The van der Waals surface area contributed by atoms with E-state index in [-0.39, 0.29) is 19.1 Å². The van der Waals surface area contributed by atoms with Crippen molar-refractivity contribution in [1.29, 1.82) is 0 Å². The number of amides is 1. The van der Waals surface area contributed by atoms with E-state index in [2.05, 4.69) is 11.8 Å². The fourth-order valence-electron chi connectivity index (χ4n) is 3.64. The highest BCUT2D eigenvalue weighted by Crippen LogP contribution is 2.20. The van der Waals surface area contributed by atoms with Gasteiger partial charge in [-0.05, 0) is 42.9 Å². The van der Waals surface area contributed by atoms with E-state index in [9.17, 15) is 4.79 Å². The molecule has 29 heavy (non-hydrogen) atoms. The molecule has 1 aromatic heterocycles. The van der Waals surface area contributed by atoms with Crippen molar-refractivity contribution >= 4 is 28.5 Å². The molecule has 152 valence electrons. The molecule has 1 amide bonds. The zero-order chi connectivity index (χ0) is 20.2. The third-order valence-electron chi connectivity index (χ3n) is 5.38. The van der Waals surface area contributed by atoms with Crippen molar-refractivity contribution in [2.45, 2.75) is 20.1 Å². The van der Waals surface area contributed by atoms with Crippen LogP contribution in [0.2, 0.25) is 5.02 Å². The van der Waals surface area contributed by atoms with Gasteiger partial charge in [0.25, 0.3) is 0 Å². The van der Waals surface area contributed by atoms with E-state index in [1.165, 1.54) is 0 Å². The Kier molecular flexibility index (Phi) is 6.02. The minimum Gasteiger partial charge on any atom is -0.486 e. The summed E-state index contributed by atoms with van der Waals surface area (Å²) in [5.41, 5.74) is 1.81. The number of para-hydroxylation sites is 2. The Balaban J connectivity index is 1.52. The van der Waals surface area contributed by atoms with Crippen molar-refractivity contribution in [3.05, 3.63) is 59.4 Å². The Morgan fingerprint density at radius 3 is 2.52 bits per heavy atom. The summed E-state index contributed by atoms with van der Waals surface area (Å²) in [6.45, 7) is 7.15. The van der Waals surface area contributed by atoms with Gasteiger partial charge in [0.15, 0.2) is 0 Å². The zero-order valence-corrected chi connectivity index (χ0v) is 17.3. The Bertz CT molecular complexity index is 978. The first-order chi connectivity index (χ1) is 14.1. The summed E-state index contributed by atoms with van der Waals surface area (Å²) in [5.74, 6) is 1.58. The number of likely N-dealkylation sites (N-methyl/N-ethyl adjacent to an activating group) is 1. The van der Waals surface area contributed by atoms with Crippen LogP contribution in [0.15, 0.2) is 48.5 Å². The maximum absolute atomic E-state index is 13.0. The van der Waals surface area contributed by atoms with Gasteiger partial charge in [-0.25, -0.2) is 4.98 Å². The number of piperazine rings is 1. The van der Waals surface area contributed by atoms with Crippen LogP contribution in [0.25, 0.3) is 11.0 Å². The molecule has 2 heterocycles. The van der Waals surface area contributed by atoms with Crippen molar-refractivity contribution in [3.8, 4) is 5.75 Å². The molecule has 0 aliphatic carbocycles. The summed E-state index contributed by atoms with van der Waals surface area (Å²) >= 11 is 5.94. The van der Waals surface area contributed by atoms with E-state index in [4.69, 9.17) is 21.3 Å². The largest absolute Gasteiger partial charge is 0.486 e. The lowest BCUT2D eigenvalue weighted by Gasteiger charge is -2.34. The van der Waals surface area contributed by atoms with E-state index >= 15 is 0 Å². The molecule has 0 N–H and O–H groups in total. The van der Waals surface area contributed by atoms with Crippen LogP contribution in [-0.4, -0.2) is 58.0 Å². The van der Waals surface area contributed by atoms with Gasteiger partial charge in [0.2, 0.25) is 5.91 Å². The molecule has 1 aliphatic rings. The van der Waals surface area contributed by atoms with Gasteiger partial charge in [-0.2, -0.15) is 0 Å². The quantitative estimate of drug-likeness (QED) is 0.622. The van der Waals surface area contributed by atoms with E-state index < -0.39 is 0 Å². The van der Waals surface area contributed by atoms with Crippen LogP contribution in [0.4, 0.5) is 0 Å². The Morgan fingerprint density at radius 2 is 1.79 bits per heavy atom. The number of halogens is 1. The van der Waals surface area contributed by atoms with Crippen LogP contribution >= 0.6 is 11.6 Å². The lowest BCUT2D eigenvalue weighted by molar-refractivity contribution is -0.133. The summed E-state index contributed by atoms with van der Waals surface area (Å²) < 4.78 is 7.87. The molecule has 1 fully saturated rings. The molecule has 4 rings (SSSR count). The standard InChI is InChI=1S/C22H25ClN4O2/c1-2-25-11-13-26(14-12-25)22(28)15-27-20-6-4-3-5-19(20)24-21(27)16-29-18-9-7-17(23)8-10-18/h3-10H,2,11-16H2,1H3.